The molecule has 0 fully saturated rings. The fourth-order valence-electron chi connectivity index (χ4n) is 1.95. The lowest BCUT2D eigenvalue weighted by molar-refractivity contribution is -0.137. The minimum absolute atomic E-state index is 0.0576. The molecule has 1 aromatic rings. The molecule has 0 heterocycles. The highest BCUT2D eigenvalue weighted by Gasteiger charge is 2.14. The molecule has 0 aromatic heterocycles. The molecule has 0 aliphatic carbocycles. The quantitative estimate of drug-likeness (QED) is 0.562. The molecule has 0 saturated heterocycles. The minimum Gasteiger partial charge on any atom is -0.481 e. The molecule has 0 atom stereocenters. The van der Waals surface area contributed by atoms with Crippen molar-refractivity contribution in [3.8, 4) is 0 Å². The normalized spacial score (nSPS) is 10.1. The van der Waals surface area contributed by atoms with Gasteiger partial charge in [-0.15, -0.1) is 6.58 Å². The maximum atomic E-state index is 13.6. The van der Waals surface area contributed by atoms with Crippen LogP contribution in [0.4, 0.5) is 4.39 Å². The molecule has 0 aliphatic rings. The van der Waals surface area contributed by atoms with Gasteiger partial charge in [-0.25, -0.2) is 4.39 Å². The van der Waals surface area contributed by atoms with Crippen LogP contribution in [0.3, 0.4) is 0 Å². The molecule has 114 valence electrons. The van der Waals surface area contributed by atoms with Gasteiger partial charge in [-0.3, -0.25) is 9.59 Å². The SMILES string of the molecule is C=CCN(Cc1ccccc1F)C(=O)CCCCC(=O)O. The monoisotopic (exact) mass is 293 g/mol. The molecule has 0 radical (unpaired) electrons. The molecule has 4 nitrogen and oxygen atoms in total. The smallest absolute Gasteiger partial charge is 0.303 e. The first kappa shape index (κ1) is 16.9. The van der Waals surface area contributed by atoms with Gasteiger partial charge in [0.15, 0.2) is 0 Å². The molecular weight excluding hydrogens is 273 g/mol. The summed E-state index contributed by atoms with van der Waals surface area (Å²) in [4.78, 5) is 24.0. The first-order valence-corrected chi connectivity index (χ1v) is 6.88. The average molecular weight is 293 g/mol. The molecular formula is C16H20FNO3. The van der Waals surface area contributed by atoms with Gasteiger partial charge in [0, 0.05) is 31.5 Å². The van der Waals surface area contributed by atoms with Crippen molar-refractivity contribution in [1.82, 2.24) is 4.90 Å². The predicted molar refractivity (Wildman–Crippen MR) is 78.1 cm³/mol. The highest BCUT2D eigenvalue weighted by Crippen LogP contribution is 2.12. The van der Waals surface area contributed by atoms with Crippen molar-refractivity contribution in [2.24, 2.45) is 0 Å². The number of hydrogen-bond donors (Lipinski definition) is 1. The lowest BCUT2D eigenvalue weighted by atomic mass is 10.1. The third kappa shape index (κ3) is 6.21. The Bertz CT molecular complexity index is 502. The number of nitrogens with zero attached hydrogens (tertiary/aromatic N) is 1. The summed E-state index contributed by atoms with van der Waals surface area (Å²) >= 11 is 0. The lowest BCUT2D eigenvalue weighted by Gasteiger charge is -2.21. The Labute approximate surface area is 123 Å². The van der Waals surface area contributed by atoms with E-state index in [2.05, 4.69) is 6.58 Å². The fraction of sp³-hybridized carbons (Fsp3) is 0.375. The second kappa shape index (κ2) is 8.89. The summed E-state index contributed by atoms with van der Waals surface area (Å²) in [5.74, 6) is -1.33. The molecule has 0 unspecified atom stereocenters. The van der Waals surface area contributed by atoms with Gasteiger partial charge in [-0.05, 0) is 18.9 Å². The molecule has 5 heteroatoms. The zero-order valence-electron chi connectivity index (χ0n) is 11.9. The molecule has 0 saturated carbocycles. The van der Waals surface area contributed by atoms with Crippen LogP contribution < -0.4 is 0 Å². The van der Waals surface area contributed by atoms with Crippen LogP contribution in [0.2, 0.25) is 0 Å². The number of amides is 1. The Morgan fingerprint density at radius 2 is 1.90 bits per heavy atom. The first-order chi connectivity index (χ1) is 10.0. The number of aliphatic carboxylic acids is 1. The van der Waals surface area contributed by atoms with Crippen LogP contribution in [0.5, 0.6) is 0 Å². The second-order valence-corrected chi connectivity index (χ2v) is 4.76. The summed E-state index contributed by atoms with van der Waals surface area (Å²) in [6.07, 6.45) is 2.88. The van der Waals surface area contributed by atoms with E-state index in [4.69, 9.17) is 5.11 Å². The largest absolute Gasteiger partial charge is 0.481 e. The summed E-state index contributed by atoms with van der Waals surface area (Å²) in [5, 5.41) is 8.55. The second-order valence-electron chi connectivity index (χ2n) is 4.76. The average Bonchev–Trinajstić information content (AvgIpc) is 2.45. The molecule has 0 spiro atoms. The molecule has 21 heavy (non-hydrogen) atoms. The lowest BCUT2D eigenvalue weighted by Crippen LogP contribution is -2.30. The van der Waals surface area contributed by atoms with Crippen molar-refractivity contribution < 1.29 is 19.1 Å². The van der Waals surface area contributed by atoms with E-state index < -0.39 is 5.97 Å². The maximum absolute atomic E-state index is 13.6. The zero-order chi connectivity index (χ0) is 15.7. The van der Waals surface area contributed by atoms with Crippen molar-refractivity contribution in [3.63, 3.8) is 0 Å². The van der Waals surface area contributed by atoms with Crippen molar-refractivity contribution in [2.45, 2.75) is 32.2 Å². The van der Waals surface area contributed by atoms with Crippen LogP contribution >= 0.6 is 0 Å². The number of rotatable bonds is 9. The van der Waals surface area contributed by atoms with Crippen molar-refractivity contribution >= 4 is 11.9 Å². The van der Waals surface area contributed by atoms with Crippen molar-refractivity contribution in [2.75, 3.05) is 6.54 Å². The van der Waals surface area contributed by atoms with E-state index in [0.29, 0.717) is 24.9 Å². The van der Waals surface area contributed by atoms with E-state index in [9.17, 15) is 14.0 Å². The number of benzene rings is 1. The Morgan fingerprint density at radius 1 is 1.24 bits per heavy atom. The highest BCUT2D eigenvalue weighted by atomic mass is 19.1. The van der Waals surface area contributed by atoms with E-state index in [0.717, 1.165) is 0 Å². The van der Waals surface area contributed by atoms with Crippen LogP contribution in [0, 0.1) is 5.82 Å². The third-order valence-corrected chi connectivity index (χ3v) is 3.05. The summed E-state index contributed by atoms with van der Waals surface area (Å²) in [5.41, 5.74) is 0.457. The Balaban J connectivity index is 2.55. The Morgan fingerprint density at radius 3 is 2.52 bits per heavy atom. The van der Waals surface area contributed by atoms with Crippen molar-refractivity contribution in [3.05, 3.63) is 48.3 Å². The number of carboxylic acid groups (broad SMARTS) is 1. The van der Waals surface area contributed by atoms with Crippen LogP contribution in [0.1, 0.15) is 31.2 Å². The van der Waals surface area contributed by atoms with E-state index >= 15 is 0 Å². The number of hydrogen-bond acceptors (Lipinski definition) is 2. The molecule has 1 aromatic carbocycles. The van der Waals surface area contributed by atoms with Crippen LogP contribution in [0.25, 0.3) is 0 Å². The summed E-state index contributed by atoms with van der Waals surface area (Å²) in [6, 6.07) is 6.33. The van der Waals surface area contributed by atoms with E-state index in [-0.39, 0.29) is 31.1 Å². The number of carbonyl (C=O) groups excluding carboxylic acids is 1. The third-order valence-electron chi connectivity index (χ3n) is 3.05. The van der Waals surface area contributed by atoms with Gasteiger partial charge in [0.1, 0.15) is 5.82 Å². The van der Waals surface area contributed by atoms with Gasteiger partial charge in [0.05, 0.1) is 0 Å². The standard InChI is InChI=1S/C16H20FNO3/c1-2-11-18(12-13-7-3-4-8-14(13)17)15(19)9-5-6-10-16(20)21/h2-4,7-8H,1,5-6,9-12H2,(H,20,21). The molecule has 1 rings (SSSR count). The molecule has 0 bridgehead atoms. The van der Waals surface area contributed by atoms with Crippen molar-refractivity contribution in [1.29, 1.82) is 0 Å². The van der Waals surface area contributed by atoms with Gasteiger partial charge in [0.25, 0.3) is 0 Å². The highest BCUT2D eigenvalue weighted by molar-refractivity contribution is 5.76. The minimum atomic E-state index is -0.864. The fourth-order valence-corrected chi connectivity index (χ4v) is 1.95. The zero-order valence-corrected chi connectivity index (χ0v) is 11.9. The Kier molecular flexibility index (Phi) is 7.15. The topological polar surface area (TPSA) is 57.6 Å². The number of unbranched alkanes of at least 4 members (excludes halogenated alkanes) is 1. The first-order valence-electron chi connectivity index (χ1n) is 6.88. The van der Waals surface area contributed by atoms with Crippen LogP contribution in [0.15, 0.2) is 36.9 Å². The molecule has 1 amide bonds. The van der Waals surface area contributed by atoms with Gasteiger partial charge < -0.3 is 10.0 Å². The summed E-state index contributed by atoms with van der Waals surface area (Å²) < 4.78 is 13.6. The van der Waals surface area contributed by atoms with Crippen LogP contribution in [-0.4, -0.2) is 28.4 Å². The van der Waals surface area contributed by atoms with E-state index in [1.807, 2.05) is 0 Å². The maximum Gasteiger partial charge on any atom is 0.303 e. The summed E-state index contributed by atoms with van der Waals surface area (Å²) in [7, 11) is 0. The Hall–Kier alpha value is -2.17. The number of halogens is 1. The van der Waals surface area contributed by atoms with E-state index in [1.54, 1.807) is 24.3 Å². The van der Waals surface area contributed by atoms with E-state index in [1.165, 1.54) is 11.0 Å². The van der Waals surface area contributed by atoms with Gasteiger partial charge in [-0.1, -0.05) is 24.3 Å². The number of carbonyl (C=O) groups is 2. The number of carboxylic acids is 1. The summed E-state index contributed by atoms with van der Waals surface area (Å²) in [6.45, 7) is 4.13. The predicted octanol–water partition coefficient (Wildman–Crippen LogP) is 2.99. The molecule has 1 N–H and O–H groups in total. The molecule has 0 aliphatic heterocycles. The van der Waals surface area contributed by atoms with Gasteiger partial charge in [0.2, 0.25) is 5.91 Å². The van der Waals surface area contributed by atoms with Gasteiger partial charge in [-0.2, -0.15) is 0 Å². The van der Waals surface area contributed by atoms with Crippen LogP contribution in [-0.2, 0) is 16.1 Å². The van der Waals surface area contributed by atoms with Gasteiger partial charge >= 0.3 is 5.97 Å².